The molecule has 47 heavy (non-hydrogen) atoms. The number of anilines is 2. The minimum Gasteiger partial charge on any atom is -0.372 e. The Morgan fingerprint density at radius 3 is 1.72 bits per heavy atom. The van der Waals surface area contributed by atoms with Crippen LogP contribution in [0, 0.1) is 0 Å². The third kappa shape index (κ3) is 4.52. The first-order valence-corrected chi connectivity index (χ1v) is 17.9. The zero-order valence-corrected chi connectivity index (χ0v) is 27.9. The normalized spacial score (nSPS) is 18.8. The molecule has 2 aliphatic carbocycles. The standard InChI is InChI=1S/C45H44N2/c1-30-35-16-8-6-14-31(35)26-38(30)43-36-20-18-34(47-24-12-5-13-25-47)29-40(36)44(42-27-32-15-7-9-17-41(32)45(42,2)3)37-21-19-33(28-39(37)43)46-22-10-4-11-23-46/h6-9,14-21,26-29H,1,4-5,10-13,22-25H2,2-3H3. The van der Waals surface area contributed by atoms with Gasteiger partial charge in [-0.25, -0.2) is 0 Å². The van der Waals surface area contributed by atoms with Crippen LogP contribution in [0.1, 0.15) is 85.8 Å². The second-order valence-corrected chi connectivity index (χ2v) is 14.7. The summed E-state index contributed by atoms with van der Waals surface area (Å²) in [5.41, 5.74) is 14.4. The van der Waals surface area contributed by atoms with Crippen LogP contribution in [-0.2, 0) is 5.41 Å². The molecule has 9 rings (SSSR count). The number of piperidine rings is 2. The van der Waals surface area contributed by atoms with Gasteiger partial charge in [0.2, 0.25) is 0 Å². The molecule has 0 spiro atoms. The molecule has 0 saturated carbocycles. The second-order valence-electron chi connectivity index (χ2n) is 14.7. The first kappa shape index (κ1) is 28.6. The molecule has 5 aromatic rings. The Morgan fingerprint density at radius 2 is 1.11 bits per heavy atom. The first-order valence-electron chi connectivity index (χ1n) is 17.9. The number of hydrogen-bond acceptors (Lipinski definition) is 2. The average molecular weight is 613 g/mol. The van der Waals surface area contributed by atoms with E-state index >= 15 is 0 Å². The van der Waals surface area contributed by atoms with E-state index in [0.717, 1.165) is 31.8 Å². The summed E-state index contributed by atoms with van der Waals surface area (Å²) in [6.07, 6.45) is 12.6. The molecule has 0 aromatic heterocycles. The van der Waals surface area contributed by atoms with Gasteiger partial charge in [-0.05, 0) is 147 Å². The van der Waals surface area contributed by atoms with Crippen LogP contribution < -0.4 is 9.80 Å². The van der Waals surface area contributed by atoms with E-state index in [-0.39, 0.29) is 5.41 Å². The van der Waals surface area contributed by atoms with Gasteiger partial charge in [0, 0.05) is 43.0 Å². The molecule has 2 heteroatoms. The first-order chi connectivity index (χ1) is 23.0. The van der Waals surface area contributed by atoms with Crippen LogP contribution in [0.25, 0.3) is 50.4 Å². The molecular weight excluding hydrogens is 569 g/mol. The van der Waals surface area contributed by atoms with Crippen LogP contribution in [-0.4, -0.2) is 26.2 Å². The molecule has 0 amide bonds. The number of nitrogens with zero attached hydrogens (tertiary/aromatic N) is 2. The summed E-state index contributed by atoms with van der Waals surface area (Å²) in [6, 6.07) is 32.5. The molecule has 2 heterocycles. The van der Waals surface area contributed by atoms with Gasteiger partial charge in [-0.15, -0.1) is 0 Å². The molecule has 4 aliphatic rings. The minimum absolute atomic E-state index is 0.114. The maximum atomic E-state index is 4.72. The van der Waals surface area contributed by atoms with Crippen molar-refractivity contribution in [2.75, 3.05) is 36.0 Å². The predicted molar refractivity (Wildman–Crippen MR) is 204 cm³/mol. The monoisotopic (exact) mass is 612 g/mol. The highest BCUT2D eigenvalue weighted by Crippen LogP contribution is 2.53. The number of allylic oxidation sites excluding steroid dienone is 3. The number of benzene rings is 5. The third-order valence-corrected chi connectivity index (χ3v) is 11.6. The van der Waals surface area contributed by atoms with Gasteiger partial charge in [0.15, 0.2) is 0 Å². The number of fused-ring (bicyclic) bond motifs is 4. The topological polar surface area (TPSA) is 6.48 Å². The van der Waals surface area contributed by atoms with E-state index in [2.05, 4.69) is 121 Å². The lowest BCUT2D eigenvalue weighted by Gasteiger charge is -2.32. The molecule has 5 aromatic carbocycles. The van der Waals surface area contributed by atoms with Crippen LogP contribution in [0.3, 0.4) is 0 Å². The Bertz CT molecular complexity index is 2150. The highest BCUT2D eigenvalue weighted by molar-refractivity contribution is 6.28. The van der Waals surface area contributed by atoms with Crippen molar-refractivity contribution in [1.82, 2.24) is 0 Å². The third-order valence-electron chi connectivity index (χ3n) is 11.6. The smallest absolute Gasteiger partial charge is 0.0372 e. The van der Waals surface area contributed by atoms with Crippen molar-refractivity contribution in [3.05, 3.63) is 125 Å². The van der Waals surface area contributed by atoms with E-state index in [1.807, 2.05) is 0 Å². The molecule has 0 bridgehead atoms. The maximum Gasteiger partial charge on any atom is 0.0372 e. The second kappa shape index (κ2) is 11.0. The summed E-state index contributed by atoms with van der Waals surface area (Å²) in [7, 11) is 0. The van der Waals surface area contributed by atoms with E-state index in [0.29, 0.717) is 0 Å². The van der Waals surface area contributed by atoms with Crippen molar-refractivity contribution in [3.63, 3.8) is 0 Å². The van der Waals surface area contributed by atoms with Gasteiger partial charge >= 0.3 is 0 Å². The predicted octanol–water partition coefficient (Wildman–Crippen LogP) is 11.4. The van der Waals surface area contributed by atoms with Crippen molar-refractivity contribution >= 4 is 61.8 Å². The molecule has 2 aliphatic heterocycles. The molecule has 0 N–H and O–H groups in total. The largest absolute Gasteiger partial charge is 0.372 e. The fourth-order valence-electron chi connectivity index (χ4n) is 9.05. The molecule has 2 saturated heterocycles. The van der Waals surface area contributed by atoms with Crippen molar-refractivity contribution < 1.29 is 0 Å². The van der Waals surface area contributed by atoms with Gasteiger partial charge in [-0.2, -0.15) is 0 Å². The molecule has 0 unspecified atom stereocenters. The zero-order chi connectivity index (χ0) is 31.7. The molecular formula is C45H44N2. The van der Waals surface area contributed by atoms with Crippen LogP contribution in [0.2, 0.25) is 0 Å². The summed E-state index contributed by atoms with van der Waals surface area (Å²) < 4.78 is 0. The van der Waals surface area contributed by atoms with Gasteiger partial charge in [0.25, 0.3) is 0 Å². The number of rotatable bonds is 4. The zero-order valence-electron chi connectivity index (χ0n) is 27.9. The highest BCUT2D eigenvalue weighted by Gasteiger charge is 2.36. The fraction of sp³-hybridized carbons (Fsp3) is 0.289. The summed E-state index contributed by atoms with van der Waals surface area (Å²) >= 11 is 0. The van der Waals surface area contributed by atoms with Gasteiger partial charge in [0.05, 0.1) is 0 Å². The van der Waals surface area contributed by atoms with Crippen LogP contribution in [0.15, 0.2) is 91.5 Å². The van der Waals surface area contributed by atoms with Crippen molar-refractivity contribution in [3.8, 4) is 0 Å². The van der Waals surface area contributed by atoms with Gasteiger partial charge < -0.3 is 9.80 Å². The van der Waals surface area contributed by atoms with E-state index in [1.165, 1.54) is 116 Å². The van der Waals surface area contributed by atoms with E-state index < -0.39 is 0 Å². The SMILES string of the molecule is C=C1C(c2c3cc(N4CCCCC4)ccc3c(C3=Cc4ccccc4C3(C)C)c3cc(N4CCCCC4)ccc23)=Cc2ccccc21. The van der Waals surface area contributed by atoms with Crippen molar-refractivity contribution in [2.45, 2.75) is 57.8 Å². The molecule has 2 nitrogen and oxygen atoms in total. The quantitative estimate of drug-likeness (QED) is 0.186. The Balaban J connectivity index is 1.38. The van der Waals surface area contributed by atoms with Crippen molar-refractivity contribution in [1.29, 1.82) is 0 Å². The molecule has 234 valence electrons. The molecule has 2 fully saturated rings. The molecule has 0 radical (unpaired) electrons. The van der Waals surface area contributed by atoms with Gasteiger partial charge in [0.1, 0.15) is 0 Å². The van der Waals surface area contributed by atoms with Crippen molar-refractivity contribution in [2.24, 2.45) is 0 Å². The van der Waals surface area contributed by atoms with E-state index in [4.69, 9.17) is 6.58 Å². The van der Waals surface area contributed by atoms with E-state index in [1.54, 1.807) is 0 Å². The Morgan fingerprint density at radius 1 is 0.553 bits per heavy atom. The average Bonchev–Trinajstić information content (AvgIpc) is 3.59. The lowest BCUT2D eigenvalue weighted by molar-refractivity contribution is 0.578. The summed E-state index contributed by atoms with van der Waals surface area (Å²) in [4.78, 5) is 5.22. The summed E-state index contributed by atoms with van der Waals surface area (Å²) in [5.74, 6) is 0. The summed E-state index contributed by atoms with van der Waals surface area (Å²) in [6.45, 7) is 14.1. The maximum absolute atomic E-state index is 4.72. The minimum atomic E-state index is -0.114. The highest BCUT2D eigenvalue weighted by atomic mass is 15.1. The van der Waals surface area contributed by atoms with Gasteiger partial charge in [-0.3, -0.25) is 0 Å². The van der Waals surface area contributed by atoms with E-state index in [9.17, 15) is 0 Å². The Kier molecular flexibility index (Phi) is 6.71. The molecule has 0 atom stereocenters. The van der Waals surface area contributed by atoms with Crippen LogP contribution >= 0.6 is 0 Å². The number of hydrogen-bond donors (Lipinski definition) is 0. The lowest BCUT2D eigenvalue weighted by Crippen LogP contribution is -2.29. The van der Waals surface area contributed by atoms with Crippen LogP contribution in [0.4, 0.5) is 11.4 Å². The van der Waals surface area contributed by atoms with Gasteiger partial charge in [-0.1, -0.05) is 81.1 Å². The summed E-state index contributed by atoms with van der Waals surface area (Å²) in [5, 5.41) is 5.38. The lowest BCUT2D eigenvalue weighted by atomic mass is 9.75. The Labute approximate surface area is 279 Å². The van der Waals surface area contributed by atoms with Crippen LogP contribution in [0.5, 0.6) is 0 Å². The Hall–Kier alpha value is -4.56. The fourth-order valence-corrected chi connectivity index (χ4v) is 9.05.